The Labute approximate surface area is 108 Å². The Morgan fingerprint density at radius 2 is 2.06 bits per heavy atom. The molecule has 1 aromatic heterocycles. The van der Waals surface area contributed by atoms with E-state index in [-0.39, 0.29) is 0 Å². The first-order chi connectivity index (χ1) is 7.49. The fourth-order valence-corrected chi connectivity index (χ4v) is 2.68. The van der Waals surface area contributed by atoms with E-state index in [4.69, 9.17) is 11.6 Å². The molecule has 0 fully saturated rings. The third-order valence-electron chi connectivity index (χ3n) is 2.56. The summed E-state index contributed by atoms with van der Waals surface area (Å²) in [5.74, 6) is 0. The van der Waals surface area contributed by atoms with Crippen LogP contribution in [0.4, 0.5) is 0 Å². The summed E-state index contributed by atoms with van der Waals surface area (Å²) < 4.78 is 0.865. The molecule has 0 bridgehead atoms. The maximum absolute atomic E-state index is 5.93. The molecule has 0 radical (unpaired) electrons. The van der Waals surface area contributed by atoms with Crippen molar-refractivity contribution in [3.05, 3.63) is 21.3 Å². The zero-order valence-electron chi connectivity index (χ0n) is 10.5. The van der Waals surface area contributed by atoms with Crippen molar-refractivity contribution < 1.29 is 0 Å². The Balaban J connectivity index is 2.36. The molecular weight excluding hydrogens is 240 g/mol. The van der Waals surface area contributed by atoms with E-state index in [9.17, 15) is 0 Å². The molecule has 0 aliphatic heterocycles. The molecule has 1 N–H and O–H groups in total. The molecule has 1 aromatic rings. The number of halogens is 1. The van der Waals surface area contributed by atoms with Gasteiger partial charge in [0.2, 0.25) is 0 Å². The highest BCUT2D eigenvalue weighted by Gasteiger charge is 2.11. The van der Waals surface area contributed by atoms with Gasteiger partial charge in [-0.05, 0) is 53.0 Å². The molecular formula is C12H21ClN2S. The lowest BCUT2D eigenvalue weighted by molar-refractivity contribution is 0.355. The number of nitrogens with one attached hydrogen (secondary N) is 1. The van der Waals surface area contributed by atoms with Crippen molar-refractivity contribution >= 4 is 22.9 Å². The van der Waals surface area contributed by atoms with E-state index in [0.29, 0.717) is 12.1 Å². The molecule has 2 nitrogen and oxygen atoms in total. The van der Waals surface area contributed by atoms with Crippen molar-refractivity contribution in [3.63, 3.8) is 0 Å². The van der Waals surface area contributed by atoms with Gasteiger partial charge in [0.25, 0.3) is 0 Å². The summed E-state index contributed by atoms with van der Waals surface area (Å²) in [6.07, 6.45) is 1.16. The SMILES string of the molecule is CC(CCN(C)C)NC(C)c1ccc(Cl)s1. The Kier molecular flexibility index (Phi) is 5.76. The maximum Gasteiger partial charge on any atom is 0.0931 e. The second-order valence-electron chi connectivity index (χ2n) is 4.52. The first-order valence-electron chi connectivity index (χ1n) is 5.65. The molecule has 0 saturated carbocycles. The third-order valence-corrected chi connectivity index (χ3v) is 3.98. The topological polar surface area (TPSA) is 15.3 Å². The fourth-order valence-electron chi connectivity index (χ4n) is 1.61. The van der Waals surface area contributed by atoms with Crippen LogP contribution in [0.25, 0.3) is 0 Å². The number of thiophene rings is 1. The van der Waals surface area contributed by atoms with E-state index in [1.54, 1.807) is 11.3 Å². The monoisotopic (exact) mass is 260 g/mol. The van der Waals surface area contributed by atoms with Crippen molar-refractivity contribution in [1.29, 1.82) is 0 Å². The van der Waals surface area contributed by atoms with Gasteiger partial charge in [-0.3, -0.25) is 0 Å². The summed E-state index contributed by atoms with van der Waals surface area (Å²) in [5, 5.41) is 3.59. The van der Waals surface area contributed by atoms with Crippen molar-refractivity contribution in [2.45, 2.75) is 32.4 Å². The van der Waals surface area contributed by atoms with Crippen LogP contribution in [0, 0.1) is 0 Å². The van der Waals surface area contributed by atoms with Crippen molar-refractivity contribution in [2.24, 2.45) is 0 Å². The van der Waals surface area contributed by atoms with Crippen LogP contribution >= 0.6 is 22.9 Å². The number of hydrogen-bond acceptors (Lipinski definition) is 3. The maximum atomic E-state index is 5.93. The van der Waals surface area contributed by atoms with E-state index >= 15 is 0 Å². The first kappa shape index (κ1) is 14.0. The van der Waals surface area contributed by atoms with Gasteiger partial charge in [-0.25, -0.2) is 0 Å². The van der Waals surface area contributed by atoms with Crippen LogP contribution in [0.1, 0.15) is 31.2 Å². The standard InChI is InChI=1S/C12H21ClN2S/c1-9(7-8-15(3)4)14-10(2)11-5-6-12(13)16-11/h5-6,9-10,14H,7-8H2,1-4H3. The Morgan fingerprint density at radius 3 is 2.56 bits per heavy atom. The highest BCUT2D eigenvalue weighted by Crippen LogP contribution is 2.26. The lowest BCUT2D eigenvalue weighted by Crippen LogP contribution is -2.31. The molecule has 2 unspecified atom stereocenters. The van der Waals surface area contributed by atoms with E-state index in [0.717, 1.165) is 17.3 Å². The molecule has 0 aliphatic carbocycles. The van der Waals surface area contributed by atoms with Crippen LogP contribution in [0.3, 0.4) is 0 Å². The van der Waals surface area contributed by atoms with Gasteiger partial charge in [0.15, 0.2) is 0 Å². The molecule has 0 aromatic carbocycles. The number of hydrogen-bond donors (Lipinski definition) is 1. The first-order valence-corrected chi connectivity index (χ1v) is 6.84. The average Bonchev–Trinajstić information content (AvgIpc) is 2.62. The average molecular weight is 261 g/mol. The van der Waals surface area contributed by atoms with Gasteiger partial charge in [0, 0.05) is 17.0 Å². The fraction of sp³-hybridized carbons (Fsp3) is 0.667. The highest BCUT2D eigenvalue weighted by atomic mass is 35.5. The molecule has 92 valence electrons. The molecule has 0 aliphatic rings. The van der Waals surface area contributed by atoms with Crippen molar-refractivity contribution in [1.82, 2.24) is 10.2 Å². The summed E-state index contributed by atoms with van der Waals surface area (Å²) in [7, 11) is 4.21. The summed E-state index contributed by atoms with van der Waals surface area (Å²) >= 11 is 7.58. The van der Waals surface area contributed by atoms with Crippen LogP contribution in [-0.2, 0) is 0 Å². The smallest absolute Gasteiger partial charge is 0.0931 e. The number of rotatable bonds is 6. The summed E-state index contributed by atoms with van der Waals surface area (Å²) in [6.45, 7) is 5.54. The lowest BCUT2D eigenvalue weighted by atomic mass is 10.2. The van der Waals surface area contributed by atoms with E-state index in [1.807, 2.05) is 6.07 Å². The van der Waals surface area contributed by atoms with Gasteiger partial charge in [-0.1, -0.05) is 11.6 Å². The minimum Gasteiger partial charge on any atom is -0.309 e. The molecule has 0 saturated heterocycles. The second-order valence-corrected chi connectivity index (χ2v) is 6.27. The van der Waals surface area contributed by atoms with Gasteiger partial charge < -0.3 is 10.2 Å². The van der Waals surface area contributed by atoms with Gasteiger partial charge in [0.05, 0.1) is 4.34 Å². The zero-order chi connectivity index (χ0) is 12.1. The van der Waals surface area contributed by atoms with E-state index in [2.05, 4.69) is 44.2 Å². The highest BCUT2D eigenvalue weighted by molar-refractivity contribution is 7.16. The van der Waals surface area contributed by atoms with E-state index in [1.165, 1.54) is 4.88 Å². The molecule has 0 amide bonds. The quantitative estimate of drug-likeness (QED) is 0.844. The predicted molar refractivity (Wildman–Crippen MR) is 73.5 cm³/mol. The summed E-state index contributed by atoms with van der Waals surface area (Å²) in [5.41, 5.74) is 0. The Bertz CT molecular complexity index is 312. The van der Waals surface area contributed by atoms with E-state index < -0.39 is 0 Å². The van der Waals surface area contributed by atoms with Gasteiger partial charge in [-0.2, -0.15) is 0 Å². The minimum atomic E-state index is 0.384. The molecule has 1 heterocycles. The lowest BCUT2D eigenvalue weighted by Gasteiger charge is -2.20. The van der Waals surface area contributed by atoms with Gasteiger partial charge >= 0.3 is 0 Å². The van der Waals surface area contributed by atoms with Crippen LogP contribution in [0.2, 0.25) is 4.34 Å². The largest absolute Gasteiger partial charge is 0.309 e. The zero-order valence-corrected chi connectivity index (χ0v) is 12.0. The normalized spacial score (nSPS) is 15.4. The molecule has 0 spiro atoms. The van der Waals surface area contributed by atoms with Gasteiger partial charge in [-0.15, -0.1) is 11.3 Å². The van der Waals surface area contributed by atoms with Gasteiger partial charge in [0.1, 0.15) is 0 Å². The van der Waals surface area contributed by atoms with Crippen LogP contribution in [0.5, 0.6) is 0 Å². The molecule has 16 heavy (non-hydrogen) atoms. The predicted octanol–water partition coefficient (Wildman–Crippen LogP) is 3.39. The third kappa shape index (κ3) is 4.83. The summed E-state index contributed by atoms with van der Waals surface area (Å²) in [6, 6.07) is 4.97. The Morgan fingerprint density at radius 1 is 1.38 bits per heavy atom. The second kappa shape index (κ2) is 6.60. The summed E-state index contributed by atoms with van der Waals surface area (Å²) in [4.78, 5) is 3.52. The van der Waals surface area contributed by atoms with Crippen LogP contribution < -0.4 is 5.32 Å². The number of nitrogens with zero attached hydrogens (tertiary/aromatic N) is 1. The van der Waals surface area contributed by atoms with Crippen LogP contribution in [0.15, 0.2) is 12.1 Å². The molecule has 1 rings (SSSR count). The minimum absolute atomic E-state index is 0.384. The van der Waals surface area contributed by atoms with Crippen molar-refractivity contribution in [3.8, 4) is 0 Å². The Hall–Kier alpha value is -0.0900. The van der Waals surface area contributed by atoms with Crippen LogP contribution in [-0.4, -0.2) is 31.6 Å². The molecule has 2 atom stereocenters. The molecule has 4 heteroatoms. The van der Waals surface area contributed by atoms with Crippen molar-refractivity contribution in [2.75, 3.05) is 20.6 Å².